The Bertz CT molecular complexity index is 402. The van der Waals surface area contributed by atoms with E-state index in [0.29, 0.717) is 17.9 Å². The zero-order valence-electron chi connectivity index (χ0n) is 10.7. The van der Waals surface area contributed by atoms with Gasteiger partial charge in [-0.1, -0.05) is 12.5 Å². The third-order valence-corrected chi connectivity index (χ3v) is 4.29. The SMILES string of the molecule is O=C1CC2CCCC(C1)N2CCc1ccccn1. The van der Waals surface area contributed by atoms with E-state index in [1.807, 2.05) is 18.3 Å². The zero-order chi connectivity index (χ0) is 12.4. The molecule has 0 saturated carbocycles. The highest BCUT2D eigenvalue weighted by atomic mass is 16.1. The first kappa shape index (κ1) is 11.8. The van der Waals surface area contributed by atoms with Crippen LogP contribution in [0.2, 0.25) is 0 Å². The highest BCUT2D eigenvalue weighted by Gasteiger charge is 2.36. The number of pyridine rings is 1. The lowest BCUT2D eigenvalue weighted by Gasteiger charge is -2.45. The maximum absolute atomic E-state index is 11.7. The molecular weight excluding hydrogens is 224 g/mol. The Kier molecular flexibility index (Phi) is 3.41. The molecule has 3 heterocycles. The van der Waals surface area contributed by atoms with Crippen molar-refractivity contribution in [3.8, 4) is 0 Å². The summed E-state index contributed by atoms with van der Waals surface area (Å²) in [6.07, 6.45) is 8.10. The van der Waals surface area contributed by atoms with Gasteiger partial charge in [0.15, 0.2) is 0 Å². The van der Waals surface area contributed by atoms with Crippen LogP contribution >= 0.6 is 0 Å². The summed E-state index contributed by atoms with van der Waals surface area (Å²) in [7, 11) is 0. The van der Waals surface area contributed by atoms with Gasteiger partial charge in [0.2, 0.25) is 0 Å². The Hall–Kier alpha value is -1.22. The fourth-order valence-corrected chi connectivity index (χ4v) is 3.42. The van der Waals surface area contributed by atoms with Gasteiger partial charge in [-0.2, -0.15) is 0 Å². The van der Waals surface area contributed by atoms with Crippen LogP contribution in [0.4, 0.5) is 0 Å². The Morgan fingerprint density at radius 1 is 1.22 bits per heavy atom. The van der Waals surface area contributed by atoms with Gasteiger partial charge in [-0.15, -0.1) is 0 Å². The molecule has 0 radical (unpaired) electrons. The molecule has 2 saturated heterocycles. The first-order chi connectivity index (χ1) is 8.83. The molecule has 3 rings (SSSR count). The van der Waals surface area contributed by atoms with E-state index in [0.717, 1.165) is 31.5 Å². The molecule has 2 atom stereocenters. The average molecular weight is 244 g/mol. The van der Waals surface area contributed by atoms with Crippen molar-refractivity contribution < 1.29 is 4.79 Å². The van der Waals surface area contributed by atoms with Crippen molar-refractivity contribution in [1.82, 2.24) is 9.88 Å². The van der Waals surface area contributed by atoms with E-state index in [2.05, 4.69) is 16.0 Å². The zero-order valence-corrected chi connectivity index (χ0v) is 10.7. The number of aromatic nitrogens is 1. The number of carbonyl (C=O) groups excluding carboxylic acids is 1. The van der Waals surface area contributed by atoms with E-state index in [-0.39, 0.29) is 0 Å². The Morgan fingerprint density at radius 3 is 2.67 bits per heavy atom. The second-order valence-electron chi connectivity index (χ2n) is 5.49. The monoisotopic (exact) mass is 244 g/mol. The molecule has 18 heavy (non-hydrogen) atoms. The highest BCUT2D eigenvalue weighted by Crippen LogP contribution is 2.32. The molecule has 1 aromatic heterocycles. The summed E-state index contributed by atoms with van der Waals surface area (Å²) >= 11 is 0. The minimum absolute atomic E-state index is 0.471. The second-order valence-corrected chi connectivity index (χ2v) is 5.49. The number of rotatable bonds is 3. The van der Waals surface area contributed by atoms with E-state index in [9.17, 15) is 4.79 Å². The van der Waals surface area contributed by atoms with E-state index >= 15 is 0 Å². The van der Waals surface area contributed by atoms with Crippen LogP contribution in [-0.2, 0) is 11.2 Å². The molecule has 3 nitrogen and oxygen atoms in total. The van der Waals surface area contributed by atoms with Gasteiger partial charge in [0.25, 0.3) is 0 Å². The van der Waals surface area contributed by atoms with Crippen LogP contribution in [0, 0.1) is 0 Å². The van der Waals surface area contributed by atoms with Gasteiger partial charge in [0, 0.05) is 49.8 Å². The molecule has 96 valence electrons. The molecule has 2 fully saturated rings. The number of nitrogens with zero attached hydrogens (tertiary/aromatic N) is 2. The molecule has 2 aliphatic rings. The lowest BCUT2D eigenvalue weighted by molar-refractivity contribution is -0.127. The predicted octanol–water partition coefficient (Wildman–Crippen LogP) is 2.21. The molecule has 2 unspecified atom stereocenters. The normalized spacial score (nSPS) is 28.3. The lowest BCUT2D eigenvalue weighted by Crippen LogP contribution is -2.52. The first-order valence-corrected chi connectivity index (χ1v) is 7.00. The summed E-state index contributed by atoms with van der Waals surface area (Å²) in [5.74, 6) is 0.471. The van der Waals surface area contributed by atoms with Gasteiger partial charge in [0.1, 0.15) is 5.78 Å². The largest absolute Gasteiger partial charge is 0.300 e. The number of hydrogen-bond donors (Lipinski definition) is 0. The van der Waals surface area contributed by atoms with Crippen molar-refractivity contribution in [2.75, 3.05) is 6.54 Å². The smallest absolute Gasteiger partial charge is 0.136 e. The minimum Gasteiger partial charge on any atom is -0.300 e. The van der Waals surface area contributed by atoms with Crippen molar-refractivity contribution in [3.63, 3.8) is 0 Å². The molecular formula is C15H20N2O. The number of fused-ring (bicyclic) bond motifs is 2. The second kappa shape index (κ2) is 5.19. The molecule has 0 aromatic carbocycles. The molecule has 2 aliphatic heterocycles. The van der Waals surface area contributed by atoms with Gasteiger partial charge in [-0.25, -0.2) is 0 Å². The van der Waals surface area contributed by atoms with Crippen LogP contribution in [0.25, 0.3) is 0 Å². The summed E-state index contributed by atoms with van der Waals surface area (Å²) in [6.45, 7) is 1.06. The summed E-state index contributed by atoms with van der Waals surface area (Å²) in [5.41, 5.74) is 1.16. The summed E-state index contributed by atoms with van der Waals surface area (Å²) in [5, 5.41) is 0. The lowest BCUT2D eigenvalue weighted by atomic mass is 9.83. The van der Waals surface area contributed by atoms with Crippen LogP contribution < -0.4 is 0 Å². The van der Waals surface area contributed by atoms with E-state index < -0.39 is 0 Å². The third kappa shape index (κ3) is 2.46. The van der Waals surface area contributed by atoms with Gasteiger partial charge >= 0.3 is 0 Å². The van der Waals surface area contributed by atoms with Crippen molar-refractivity contribution in [1.29, 1.82) is 0 Å². The van der Waals surface area contributed by atoms with E-state index in [4.69, 9.17) is 0 Å². The van der Waals surface area contributed by atoms with E-state index in [1.165, 1.54) is 19.3 Å². The van der Waals surface area contributed by atoms with Gasteiger partial charge in [-0.05, 0) is 25.0 Å². The maximum Gasteiger partial charge on any atom is 0.136 e. The van der Waals surface area contributed by atoms with Crippen LogP contribution in [-0.4, -0.2) is 34.3 Å². The van der Waals surface area contributed by atoms with Crippen LogP contribution in [0.5, 0.6) is 0 Å². The fourth-order valence-electron chi connectivity index (χ4n) is 3.42. The van der Waals surface area contributed by atoms with Gasteiger partial charge in [0.05, 0.1) is 0 Å². The summed E-state index contributed by atoms with van der Waals surface area (Å²) in [4.78, 5) is 18.6. The number of piperidine rings is 2. The maximum atomic E-state index is 11.7. The molecule has 0 amide bonds. The average Bonchev–Trinajstić information content (AvgIpc) is 2.37. The molecule has 0 N–H and O–H groups in total. The highest BCUT2D eigenvalue weighted by molar-refractivity contribution is 5.80. The Morgan fingerprint density at radius 2 is 2.00 bits per heavy atom. The van der Waals surface area contributed by atoms with Crippen LogP contribution in [0.3, 0.4) is 0 Å². The van der Waals surface area contributed by atoms with Crippen molar-refractivity contribution in [2.45, 2.75) is 50.6 Å². The fraction of sp³-hybridized carbons (Fsp3) is 0.600. The number of Topliss-reactive ketones (excluding diaryl/α,β-unsaturated/α-hetero) is 1. The number of hydrogen-bond acceptors (Lipinski definition) is 3. The summed E-state index contributed by atoms with van der Waals surface area (Å²) in [6, 6.07) is 7.10. The van der Waals surface area contributed by atoms with Gasteiger partial charge in [-0.3, -0.25) is 14.7 Å². The van der Waals surface area contributed by atoms with Crippen LogP contribution in [0.15, 0.2) is 24.4 Å². The predicted molar refractivity (Wildman–Crippen MR) is 70.3 cm³/mol. The quantitative estimate of drug-likeness (QED) is 0.817. The molecule has 3 heteroatoms. The van der Waals surface area contributed by atoms with Crippen molar-refractivity contribution in [2.24, 2.45) is 0 Å². The topological polar surface area (TPSA) is 33.2 Å². The molecule has 0 spiro atoms. The Balaban J connectivity index is 1.64. The first-order valence-electron chi connectivity index (χ1n) is 7.00. The number of ketones is 1. The van der Waals surface area contributed by atoms with Gasteiger partial charge < -0.3 is 0 Å². The molecule has 1 aromatic rings. The van der Waals surface area contributed by atoms with Crippen molar-refractivity contribution in [3.05, 3.63) is 30.1 Å². The third-order valence-electron chi connectivity index (χ3n) is 4.29. The Labute approximate surface area is 108 Å². The minimum atomic E-state index is 0.471. The molecule has 0 aliphatic carbocycles. The van der Waals surface area contributed by atoms with Crippen LogP contribution in [0.1, 0.15) is 37.8 Å². The van der Waals surface area contributed by atoms with Crippen molar-refractivity contribution >= 4 is 5.78 Å². The standard InChI is InChI=1S/C15H20N2O/c18-15-10-13-5-3-6-14(11-15)17(13)9-7-12-4-1-2-8-16-12/h1-2,4,8,13-14H,3,5-7,9-11H2. The number of carbonyl (C=O) groups is 1. The summed E-state index contributed by atoms with van der Waals surface area (Å²) < 4.78 is 0. The molecule has 2 bridgehead atoms. The van der Waals surface area contributed by atoms with E-state index in [1.54, 1.807) is 0 Å².